The molecule has 1 aliphatic heterocycles. The van der Waals surface area contributed by atoms with Crippen LogP contribution in [0.15, 0.2) is 16.7 Å². The summed E-state index contributed by atoms with van der Waals surface area (Å²) in [6, 6.07) is 1.87. The number of carboxylic acid groups (broad SMARTS) is 1. The minimum absolute atomic E-state index is 0.0267. The number of furan rings is 1. The number of hydrogen-bond acceptors (Lipinski definition) is 3. The number of likely N-dealkylation sites (tertiary alicyclic amines) is 1. The van der Waals surface area contributed by atoms with E-state index in [0.29, 0.717) is 0 Å². The van der Waals surface area contributed by atoms with Crippen LogP contribution in [0, 0.1) is 0 Å². The van der Waals surface area contributed by atoms with Gasteiger partial charge in [-0.25, -0.2) is 4.79 Å². The van der Waals surface area contributed by atoms with Gasteiger partial charge in [-0.05, 0) is 38.9 Å². The highest BCUT2D eigenvalue weighted by atomic mass is 16.4. The predicted octanol–water partition coefficient (Wildman–Crippen LogP) is 2.52. The van der Waals surface area contributed by atoms with Crippen LogP contribution in [0.1, 0.15) is 48.3 Å². The maximum absolute atomic E-state index is 10.7. The van der Waals surface area contributed by atoms with Crippen molar-refractivity contribution in [3.63, 3.8) is 0 Å². The van der Waals surface area contributed by atoms with E-state index in [-0.39, 0.29) is 11.8 Å². The van der Waals surface area contributed by atoms with E-state index in [1.807, 2.05) is 0 Å². The van der Waals surface area contributed by atoms with Crippen molar-refractivity contribution in [3.8, 4) is 0 Å². The number of rotatable bonds is 3. The second-order valence-corrected chi connectivity index (χ2v) is 4.32. The van der Waals surface area contributed by atoms with Gasteiger partial charge < -0.3 is 9.52 Å². The van der Waals surface area contributed by atoms with Crippen LogP contribution in [0.5, 0.6) is 0 Å². The Morgan fingerprint density at radius 1 is 1.44 bits per heavy atom. The topological polar surface area (TPSA) is 53.7 Å². The molecule has 0 amide bonds. The summed E-state index contributed by atoms with van der Waals surface area (Å²) in [5, 5.41) is 8.78. The van der Waals surface area contributed by atoms with Crippen molar-refractivity contribution in [1.82, 2.24) is 4.90 Å². The third-order valence-corrected chi connectivity index (χ3v) is 3.25. The molecule has 16 heavy (non-hydrogen) atoms. The van der Waals surface area contributed by atoms with Crippen molar-refractivity contribution in [3.05, 3.63) is 23.7 Å². The molecule has 1 aromatic heterocycles. The molecule has 0 aliphatic carbocycles. The number of hydrogen-bond donors (Lipinski definition) is 1. The zero-order valence-electron chi connectivity index (χ0n) is 9.48. The summed E-state index contributed by atoms with van der Waals surface area (Å²) in [7, 11) is 0. The average molecular weight is 223 g/mol. The molecular formula is C12H17NO3. The van der Waals surface area contributed by atoms with Crippen molar-refractivity contribution in [2.75, 3.05) is 13.1 Å². The Balaban J connectivity index is 2.07. The van der Waals surface area contributed by atoms with Crippen LogP contribution in [0.4, 0.5) is 0 Å². The third-order valence-electron chi connectivity index (χ3n) is 3.25. The summed E-state index contributed by atoms with van der Waals surface area (Å²) in [6.45, 7) is 4.28. The smallest absolute Gasteiger partial charge is 0.371 e. The molecule has 0 radical (unpaired) electrons. The molecule has 4 heteroatoms. The van der Waals surface area contributed by atoms with Crippen LogP contribution in [0.2, 0.25) is 0 Å². The van der Waals surface area contributed by atoms with Crippen LogP contribution in [0.25, 0.3) is 0 Å². The number of carbonyl (C=O) groups is 1. The fourth-order valence-electron chi connectivity index (χ4n) is 2.20. The second kappa shape index (κ2) is 4.70. The third kappa shape index (κ3) is 2.27. The zero-order chi connectivity index (χ0) is 11.5. The van der Waals surface area contributed by atoms with Crippen molar-refractivity contribution < 1.29 is 14.3 Å². The molecule has 1 aromatic rings. The van der Waals surface area contributed by atoms with E-state index in [9.17, 15) is 4.79 Å². The van der Waals surface area contributed by atoms with Gasteiger partial charge in [0.1, 0.15) is 0 Å². The van der Waals surface area contributed by atoms with Crippen LogP contribution < -0.4 is 0 Å². The first kappa shape index (κ1) is 11.2. The summed E-state index contributed by atoms with van der Waals surface area (Å²) in [5.74, 6) is -0.976. The summed E-state index contributed by atoms with van der Waals surface area (Å²) in [4.78, 5) is 13.1. The van der Waals surface area contributed by atoms with Crippen LogP contribution in [-0.4, -0.2) is 29.1 Å². The minimum atomic E-state index is -1.00. The molecule has 0 spiro atoms. The van der Waals surface area contributed by atoms with Gasteiger partial charge in [0, 0.05) is 11.6 Å². The summed E-state index contributed by atoms with van der Waals surface area (Å²) >= 11 is 0. The van der Waals surface area contributed by atoms with Gasteiger partial charge in [-0.2, -0.15) is 0 Å². The molecular weight excluding hydrogens is 206 g/mol. The Labute approximate surface area is 94.9 Å². The fraction of sp³-hybridized carbons (Fsp3) is 0.583. The first-order valence-corrected chi connectivity index (χ1v) is 5.74. The van der Waals surface area contributed by atoms with Gasteiger partial charge in [0.25, 0.3) is 0 Å². The largest absolute Gasteiger partial charge is 0.475 e. The van der Waals surface area contributed by atoms with E-state index in [0.717, 1.165) is 18.7 Å². The minimum Gasteiger partial charge on any atom is -0.475 e. The Hall–Kier alpha value is -1.29. The van der Waals surface area contributed by atoms with E-state index in [4.69, 9.17) is 9.52 Å². The van der Waals surface area contributed by atoms with Crippen molar-refractivity contribution in [2.45, 2.75) is 32.2 Å². The molecule has 1 fully saturated rings. The Morgan fingerprint density at radius 2 is 2.12 bits per heavy atom. The van der Waals surface area contributed by atoms with Crippen molar-refractivity contribution >= 4 is 5.97 Å². The first-order chi connectivity index (χ1) is 7.68. The molecule has 1 saturated heterocycles. The van der Waals surface area contributed by atoms with E-state index < -0.39 is 5.97 Å². The summed E-state index contributed by atoms with van der Waals surface area (Å²) in [5.41, 5.74) is 0.958. The Bertz CT molecular complexity index is 366. The number of nitrogens with zero attached hydrogens (tertiary/aromatic N) is 1. The number of carboxylic acids is 1. The van der Waals surface area contributed by atoms with E-state index in [2.05, 4.69) is 11.8 Å². The highest BCUT2D eigenvalue weighted by Gasteiger charge is 2.20. The first-order valence-electron chi connectivity index (χ1n) is 5.74. The van der Waals surface area contributed by atoms with E-state index >= 15 is 0 Å². The van der Waals surface area contributed by atoms with Crippen LogP contribution in [0.3, 0.4) is 0 Å². The van der Waals surface area contributed by atoms with Gasteiger partial charge in [0.05, 0.1) is 6.26 Å². The maximum atomic E-state index is 10.7. The summed E-state index contributed by atoms with van der Waals surface area (Å²) < 4.78 is 5.01. The molecule has 0 saturated carbocycles. The molecule has 0 aromatic carbocycles. The predicted molar refractivity (Wildman–Crippen MR) is 59.5 cm³/mol. The number of aromatic carboxylic acids is 1. The lowest BCUT2D eigenvalue weighted by atomic mass is 10.1. The lowest BCUT2D eigenvalue weighted by Crippen LogP contribution is -2.32. The fourth-order valence-corrected chi connectivity index (χ4v) is 2.20. The second-order valence-electron chi connectivity index (χ2n) is 4.32. The number of piperidine rings is 1. The molecule has 0 bridgehead atoms. The van der Waals surface area contributed by atoms with Crippen molar-refractivity contribution in [1.29, 1.82) is 0 Å². The molecule has 88 valence electrons. The highest BCUT2D eigenvalue weighted by molar-refractivity contribution is 5.84. The molecule has 1 unspecified atom stereocenters. The normalized spacial score (nSPS) is 19.6. The van der Waals surface area contributed by atoms with Crippen LogP contribution in [-0.2, 0) is 0 Å². The standard InChI is InChI=1S/C12H17NO3/c1-9(13-5-3-2-4-6-13)10-7-11(12(14)15)16-8-10/h7-9H,2-6H2,1H3,(H,14,15). The SMILES string of the molecule is CC(c1coc(C(=O)O)c1)N1CCCCC1. The Morgan fingerprint density at radius 3 is 2.69 bits per heavy atom. The lowest BCUT2D eigenvalue weighted by Gasteiger charge is -2.31. The van der Waals surface area contributed by atoms with Gasteiger partial charge in [-0.15, -0.1) is 0 Å². The van der Waals surface area contributed by atoms with Gasteiger partial charge in [-0.1, -0.05) is 6.42 Å². The quantitative estimate of drug-likeness (QED) is 0.855. The molecule has 2 heterocycles. The molecule has 1 aliphatic rings. The Kier molecular flexibility index (Phi) is 3.29. The van der Waals surface area contributed by atoms with Gasteiger partial charge in [0.2, 0.25) is 5.76 Å². The molecule has 1 N–H and O–H groups in total. The summed E-state index contributed by atoms with van der Waals surface area (Å²) in [6.07, 6.45) is 5.32. The van der Waals surface area contributed by atoms with E-state index in [1.54, 1.807) is 12.3 Å². The zero-order valence-corrected chi connectivity index (χ0v) is 9.48. The van der Waals surface area contributed by atoms with E-state index in [1.165, 1.54) is 19.3 Å². The molecule has 1 atom stereocenters. The average Bonchev–Trinajstić information content (AvgIpc) is 2.78. The van der Waals surface area contributed by atoms with Gasteiger partial charge in [0.15, 0.2) is 0 Å². The van der Waals surface area contributed by atoms with Crippen molar-refractivity contribution in [2.24, 2.45) is 0 Å². The monoisotopic (exact) mass is 223 g/mol. The highest BCUT2D eigenvalue weighted by Crippen LogP contribution is 2.25. The van der Waals surface area contributed by atoms with Gasteiger partial charge in [-0.3, -0.25) is 4.90 Å². The molecule has 2 rings (SSSR count). The maximum Gasteiger partial charge on any atom is 0.371 e. The molecule has 4 nitrogen and oxygen atoms in total. The van der Waals surface area contributed by atoms with Gasteiger partial charge >= 0.3 is 5.97 Å². The van der Waals surface area contributed by atoms with Crippen LogP contribution >= 0.6 is 0 Å². The lowest BCUT2D eigenvalue weighted by molar-refractivity contribution is 0.0662.